The predicted octanol–water partition coefficient (Wildman–Crippen LogP) is 2.15. The molecule has 0 aromatic heterocycles. The molecule has 3 rings (SSSR count). The molecule has 0 radical (unpaired) electrons. The number of benzene rings is 2. The molecule has 2 unspecified atom stereocenters. The summed E-state index contributed by atoms with van der Waals surface area (Å²) < 4.78 is 15.9. The minimum atomic E-state index is -0.632. The number of rotatable bonds is 7. The van der Waals surface area contributed by atoms with Gasteiger partial charge in [0.15, 0.2) is 11.5 Å². The van der Waals surface area contributed by atoms with E-state index in [0.29, 0.717) is 22.8 Å². The fourth-order valence-electron chi connectivity index (χ4n) is 2.99. The van der Waals surface area contributed by atoms with E-state index in [2.05, 4.69) is 5.32 Å². The number of hydrogen-bond acceptors (Lipinski definition) is 6. The predicted molar refractivity (Wildman–Crippen MR) is 98.4 cm³/mol. The Balaban J connectivity index is 1.93. The van der Waals surface area contributed by atoms with Crippen molar-refractivity contribution < 1.29 is 29.2 Å². The van der Waals surface area contributed by atoms with Gasteiger partial charge in [-0.3, -0.25) is 4.79 Å². The summed E-state index contributed by atoms with van der Waals surface area (Å²) in [6.45, 7) is 1.87. The van der Waals surface area contributed by atoms with Crippen LogP contribution in [-0.2, 0) is 4.79 Å². The van der Waals surface area contributed by atoms with E-state index in [4.69, 9.17) is 14.2 Å². The number of nitrogens with one attached hydrogen (secondary N) is 1. The molecule has 0 aliphatic carbocycles. The third-order valence-corrected chi connectivity index (χ3v) is 4.40. The first kappa shape index (κ1) is 18.8. The quantitative estimate of drug-likeness (QED) is 0.688. The first-order valence-corrected chi connectivity index (χ1v) is 8.69. The van der Waals surface area contributed by atoms with Crippen molar-refractivity contribution in [3.63, 3.8) is 0 Å². The summed E-state index contributed by atoms with van der Waals surface area (Å²) in [5.41, 5.74) is 1.41. The second-order valence-corrected chi connectivity index (χ2v) is 6.45. The maximum Gasteiger partial charge on any atom is 0.231 e. The number of phenolic OH excluding ortho intramolecular Hbond substituents is 1. The third kappa shape index (κ3) is 4.43. The molecule has 2 aromatic rings. The Bertz CT molecular complexity index is 803. The van der Waals surface area contributed by atoms with Crippen molar-refractivity contribution in [3.8, 4) is 23.0 Å². The zero-order valence-electron chi connectivity index (χ0n) is 15.3. The van der Waals surface area contributed by atoms with Gasteiger partial charge in [-0.05, 0) is 30.7 Å². The molecule has 1 amide bonds. The molecule has 0 bridgehead atoms. The maximum atomic E-state index is 12.4. The Morgan fingerprint density at radius 1 is 1.22 bits per heavy atom. The Kier molecular flexibility index (Phi) is 5.71. The van der Waals surface area contributed by atoms with Crippen LogP contribution < -0.4 is 19.5 Å². The number of carbonyl (C=O) groups is 1. The van der Waals surface area contributed by atoms with E-state index in [1.54, 1.807) is 32.2 Å². The highest BCUT2D eigenvalue weighted by molar-refractivity contribution is 5.78. The van der Waals surface area contributed by atoms with Crippen LogP contribution in [-0.4, -0.2) is 42.7 Å². The van der Waals surface area contributed by atoms with Gasteiger partial charge < -0.3 is 29.7 Å². The number of aliphatic hydroxyl groups is 1. The van der Waals surface area contributed by atoms with E-state index < -0.39 is 12.0 Å². The van der Waals surface area contributed by atoms with E-state index in [-0.39, 0.29) is 31.4 Å². The van der Waals surface area contributed by atoms with Crippen LogP contribution in [0.1, 0.15) is 30.4 Å². The average Bonchev–Trinajstić information content (AvgIpc) is 3.11. The van der Waals surface area contributed by atoms with Crippen LogP contribution >= 0.6 is 0 Å². The third-order valence-electron chi connectivity index (χ3n) is 4.40. The highest BCUT2D eigenvalue weighted by Gasteiger charge is 2.25. The van der Waals surface area contributed by atoms with Crippen molar-refractivity contribution in [2.24, 2.45) is 0 Å². The van der Waals surface area contributed by atoms with Gasteiger partial charge in [0.05, 0.1) is 13.2 Å². The second kappa shape index (κ2) is 8.18. The molecule has 0 spiro atoms. The number of hydrogen-bond donors (Lipinski definition) is 3. The number of carbonyl (C=O) groups excluding carboxylic acids is 1. The van der Waals surface area contributed by atoms with Crippen LogP contribution in [0.3, 0.4) is 0 Å². The number of aliphatic hydroxyl groups excluding tert-OH is 1. The molecule has 1 heterocycles. The van der Waals surface area contributed by atoms with E-state index in [1.807, 2.05) is 12.1 Å². The molecule has 1 aliphatic heterocycles. The lowest BCUT2D eigenvalue weighted by Crippen LogP contribution is -2.31. The largest absolute Gasteiger partial charge is 0.508 e. The number of amides is 1. The minimum Gasteiger partial charge on any atom is -0.508 e. The van der Waals surface area contributed by atoms with E-state index in [1.165, 1.54) is 6.07 Å². The van der Waals surface area contributed by atoms with Crippen LogP contribution in [0, 0.1) is 0 Å². The molecule has 0 saturated carbocycles. The molecule has 144 valence electrons. The van der Waals surface area contributed by atoms with Crippen molar-refractivity contribution in [1.29, 1.82) is 0 Å². The SMILES string of the molecule is COc1ccc(C(CC(=O)NCC(C)O)c2cc3c(cc2O)OCO3)cc1. The summed E-state index contributed by atoms with van der Waals surface area (Å²) in [6, 6.07) is 10.5. The average molecular weight is 373 g/mol. The number of methoxy groups -OCH3 is 1. The van der Waals surface area contributed by atoms with Crippen LogP contribution in [0.25, 0.3) is 0 Å². The summed E-state index contributed by atoms with van der Waals surface area (Å²) >= 11 is 0. The zero-order valence-corrected chi connectivity index (χ0v) is 15.3. The summed E-state index contributed by atoms with van der Waals surface area (Å²) in [6.07, 6.45) is -0.529. The lowest BCUT2D eigenvalue weighted by Gasteiger charge is -2.20. The lowest BCUT2D eigenvalue weighted by molar-refractivity contribution is -0.121. The van der Waals surface area contributed by atoms with Gasteiger partial charge in [0.25, 0.3) is 0 Å². The zero-order chi connectivity index (χ0) is 19.4. The smallest absolute Gasteiger partial charge is 0.231 e. The molecule has 2 aromatic carbocycles. The fourth-order valence-corrected chi connectivity index (χ4v) is 2.99. The Morgan fingerprint density at radius 3 is 2.52 bits per heavy atom. The fraction of sp³-hybridized carbons (Fsp3) is 0.350. The number of phenols is 1. The van der Waals surface area contributed by atoms with E-state index in [0.717, 1.165) is 5.56 Å². The molecule has 1 aliphatic rings. The van der Waals surface area contributed by atoms with Crippen LogP contribution in [0.4, 0.5) is 0 Å². The topological polar surface area (TPSA) is 97.3 Å². The standard InChI is InChI=1S/C20H23NO6/c1-12(22)10-21-20(24)8-15(13-3-5-14(25-2)6-4-13)16-7-18-19(9-17(16)23)27-11-26-18/h3-7,9,12,15,22-23H,8,10-11H2,1-2H3,(H,21,24). The lowest BCUT2D eigenvalue weighted by atomic mass is 9.87. The van der Waals surface area contributed by atoms with Gasteiger partial charge in [-0.25, -0.2) is 0 Å². The molecule has 0 fully saturated rings. The Labute approximate surface area is 157 Å². The molecule has 2 atom stereocenters. The van der Waals surface area contributed by atoms with Crippen molar-refractivity contribution in [3.05, 3.63) is 47.5 Å². The van der Waals surface area contributed by atoms with Crippen LogP contribution in [0.5, 0.6) is 23.0 Å². The Morgan fingerprint density at radius 2 is 1.89 bits per heavy atom. The van der Waals surface area contributed by atoms with Gasteiger partial charge in [-0.2, -0.15) is 0 Å². The van der Waals surface area contributed by atoms with Crippen molar-refractivity contribution in [1.82, 2.24) is 5.32 Å². The minimum absolute atomic E-state index is 0.0309. The highest BCUT2D eigenvalue weighted by Crippen LogP contribution is 2.43. The summed E-state index contributed by atoms with van der Waals surface area (Å²) in [4.78, 5) is 12.4. The molecular formula is C20H23NO6. The van der Waals surface area contributed by atoms with Crippen LogP contribution in [0.2, 0.25) is 0 Å². The van der Waals surface area contributed by atoms with Crippen molar-refractivity contribution in [2.45, 2.75) is 25.4 Å². The first-order chi connectivity index (χ1) is 13.0. The van der Waals surface area contributed by atoms with E-state index in [9.17, 15) is 15.0 Å². The first-order valence-electron chi connectivity index (χ1n) is 8.69. The Hall–Kier alpha value is -2.93. The summed E-state index contributed by atoms with van der Waals surface area (Å²) in [5, 5.41) is 22.6. The van der Waals surface area contributed by atoms with Crippen molar-refractivity contribution >= 4 is 5.91 Å². The second-order valence-electron chi connectivity index (χ2n) is 6.45. The van der Waals surface area contributed by atoms with Crippen molar-refractivity contribution in [2.75, 3.05) is 20.4 Å². The molecule has 7 nitrogen and oxygen atoms in total. The highest BCUT2D eigenvalue weighted by atomic mass is 16.7. The summed E-state index contributed by atoms with van der Waals surface area (Å²) in [5.74, 6) is 1.11. The molecule has 3 N–H and O–H groups in total. The maximum absolute atomic E-state index is 12.4. The molecular weight excluding hydrogens is 350 g/mol. The number of aromatic hydroxyl groups is 1. The number of fused-ring (bicyclic) bond motifs is 1. The van der Waals surface area contributed by atoms with Gasteiger partial charge in [-0.1, -0.05) is 12.1 Å². The van der Waals surface area contributed by atoms with Gasteiger partial charge in [-0.15, -0.1) is 0 Å². The molecule has 7 heteroatoms. The van der Waals surface area contributed by atoms with Gasteiger partial charge >= 0.3 is 0 Å². The van der Waals surface area contributed by atoms with Gasteiger partial charge in [0.1, 0.15) is 11.5 Å². The summed E-state index contributed by atoms with van der Waals surface area (Å²) in [7, 11) is 1.58. The number of ether oxygens (including phenoxy) is 3. The van der Waals surface area contributed by atoms with E-state index >= 15 is 0 Å². The normalized spacial score (nSPS) is 14.5. The molecule has 27 heavy (non-hydrogen) atoms. The monoisotopic (exact) mass is 373 g/mol. The van der Waals surface area contributed by atoms with Crippen LogP contribution in [0.15, 0.2) is 36.4 Å². The molecule has 0 saturated heterocycles. The van der Waals surface area contributed by atoms with Gasteiger partial charge in [0, 0.05) is 30.5 Å². The van der Waals surface area contributed by atoms with Gasteiger partial charge in [0.2, 0.25) is 12.7 Å².